The van der Waals surface area contributed by atoms with Gasteiger partial charge in [0.15, 0.2) is 0 Å². The third-order valence-corrected chi connectivity index (χ3v) is 1.42. The zero-order valence-corrected chi connectivity index (χ0v) is 10.3. The minimum Gasteiger partial charge on any atom is -0.444 e. The fourth-order valence-electron chi connectivity index (χ4n) is 0.765. The van der Waals surface area contributed by atoms with Crippen LogP contribution in [0.3, 0.4) is 0 Å². The molecule has 1 atom stereocenters. The van der Waals surface area contributed by atoms with Crippen molar-refractivity contribution in [2.24, 2.45) is 5.73 Å². The van der Waals surface area contributed by atoms with Gasteiger partial charge in [0.2, 0.25) is 0 Å². The third kappa shape index (κ3) is 11.4. The van der Waals surface area contributed by atoms with Crippen molar-refractivity contribution in [1.29, 1.82) is 0 Å². The highest BCUT2D eigenvalue weighted by Gasteiger charge is 2.15. The zero-order valence-electron chi connectivity index (χ0n) is 9.45. The fraction of sp³-hybridized carbons (Fsp3) is 0.889. The Morgan fingerprint density at radius 3 is 2.47 bits per heavy atom. The number of carbonyl (C=O) groups excluding carboxylic acids is 1. The molecule has 0 aromatic carbocycles. The van der Waals surface area contributed by atoms with Crippen LogP contribution >= 0.6 is 12.4 Å². The number of aliphatic hydroxyl groups is 1. The van der Waals surface area contributed by atoms with E-state index < -0.39 is 11.7 Å². The van der Waals surface area contributed by atoms with Crippen LogP contribution in [0.15, 0.2) is 0 Å². The predicted octanol–water partition coefficient (Wildman–Crippen LogP) is 0.643. The molecule has 0 spiro atoms. The van der Waals surface area contributed by atoms with Crippen LogP contribution in [0.2, 0.25) is 0 Å². The Morgan fingerprint density at radius 1 is 1.53 bits per heavy atom. The molecule has 92 valence electrons. The van der Waals surface area contributed by atoms with Crippen LogP contribution < -0.4 is 11.1 Å². The fourth-order valence-corrected chi connectivity index (χ4v) is 0.765. The van der Waals surface area contributed by atoms with Crippen LogP contribution in [0, 0.1) is 0 Å². The van der Waals surface area contributed by atoms with Crippen molar-refractivity contribution in [1.82, 2.24) is 5.32 Å². The predicted molar refractivity (Wildman–Crippen MR) is 61.2 cm³/mol. The number of ether oxygens (including phenoxy) is 1. The molecule has 6 heteroatoms. The van der Waals surface area contributed by atoms with Gasteiger partial charge in [-0.3, -0.25) is 0 Å². The molecule has 0 fully saturated rings. The van der Waals surface area contributed by atoms with E-state index in [-0.39, 0.29) is 25.1 Å². The average molecular weight is 241 g/mol. The lowest BCUT2D eigenvalue weighted by Gasteiger charge is -2.19. The number of nitrogens with two attached hydrogens (primary N) is 1. The van der Waals surface area contributed by atoms with Crippen LogP contribution in [0.5, 0.6) is 0 Å². The van der Waals surface area contributed by atoms with Gasteiger partial charge in [-0.2, -0.15) is 0 Å². The first-order valence-electron chi connectivity index (χ1n) is 4.68. The Bertz CT molecular complexity index is 183. The summed E-state index contributed by atoms with van der Waals surface area (Å²) in [5, 5.41) is 11.2. The number of aliphatic hydroxyl groups excluding tert-OH is 1. The summed E-state index contributed by atoms with van der Waals surface area (Å²) < 4.78 is 5.00. The van der Waals surface area contributed by atoms with E-state index >= 15 is 0 Å². The van der Waals surface area contributed by atoms with Crippen molar-refractivity contribution in [3.63, 3.8) is 0 Å². The molecule has 5 nitrogen and oxygen atoms in total. The number of rotatable bonds is 4. The van der Waals surface area contributed by atoms with Gasteiger partial charge < -0.3 is 20.9 Å². The second-order valence-electron chi connectivity index (χ2n) is 4.16. The van der Waals surface area contributed by atoms with E-state index in [0.29, 0.717) is 13.0 Å². The zero-order chi connectivity index (χ0) is 11.2. The molecular formula is C9H21ClN2O3. The topological polar surface area (TPSA) is 84.6 Å². The Balaban J connectivity index is 0. The van der Waals surface area contributed by atoms with Gasteiger partial charge in [0, 0.05) is 12.6 Å². The summed E-state index contributed by atoms with van der Waals surface area (Å²) in [5.41, 5.74) is 4.96. The third-order valence-electron chi connectivity index (χ3n) is 1.42. The molecule has 0 unspecified atom stereocenters. The van der Waals surface area contributed by atoms with E-state index in [2.05, 4.69) is 5.32 Å². The van der Waals surface area contributed by atoms with Gasteiger partial charge in [0.05, 0.1) is 6.61 Å². The van der Waals surface area contributed by atoms with Crippen LogP contribution in [-0.4, -0.2) is 36.0 Å². The van der Waals surface area contributed by atoms with Crippen molar-refractivity contribution in [3.8, 4) is 0 Å². The van der Waals surface area contributed by atoms with Crippen molar-refractivity contribution in [2.75, 3.05) is 13.2 Å². The van der Waals surface area contributed by atoms with E-state index in [9.17, 15) is 4.79 Å². The van der Waals surface area contributed by atoms with E-state index in [0.717, 1.165) is 0 Å². The maximum absolute atomic E-state index is 11.1. The SMILES string of the molecule is CC(C)(C)OC(=O)NCC[C@H](N)CO.Cl. The molecule has 4 N–H and O–H groups in total. The molecule has 0 aromatic rings. The number of halogens is 1. The molecule has 1 amide bonds. The second kappa shape index (κ2) is 7.73. The first-order chi connectivity index (χ1) is 6.35. The highest BCUT2D eigenvalue weighted by atomic mass is 35.5. The van der Waals surface area contributed by atoms with E-state index in [1.54, 1.807) is 20.8 Å². The van der Waals surface area contributed by atoms with Crippen LogP contribution in [0.25, 0.3) is 0 Å². The maximum Gasteiger partial charge on any atom is 0.407 e. The molecule has 0 heterocycles. The number of alkyl carbamates (subject to hydrolysis) is 1. The smallest absolute Gasteiger partial charge is 0.407 e. The highest BCUT2D eigenvalue weighted by molar-refractivity contribution is 5.85. The lowest BCUT2D eigenvalue weighted by molar-refractivity contribution is 0.0525. The minimum atomic E-state index is -0.483. The molecular weight excluding hydrogens is 220 g/mol. The van der Waals surface area contributed by atoms with Crippen molar-refractivity contribution < 1.29 is 14.6 Å². The number of nitrogens with one attached hydrogen (secondary N) is 1. The summed E-state index contributed by atoms with van der Waals surface area (Å²) in [6.45, 7) is 5.73. The maximum atomic E-state index is 11.1. The highest BCUT2D eigenvalue weighted by Crippen LogP contribution is 2.06. The molecule has 0 radical (unpaired) electrons. The number of carbonyl (C=O) groups is 1. The number of hydrogen-bond donors (Lipinski definition) is 3. The quantitative estimate of drug-likeness (QED) is 0.674. The van der Waals surface area contributed by atoms with Gasteiger partial charge in [0.1, 0.15) is 5.60 Å². The second-order valence-corrected chi connectivity index (χ2v) is 4.16. The molecule has 0 bridgehead atoms. The van der Waals surface area contributed by atoms with Gasteiger partial charge in [-0.05, 0) is 27.2 Å². The van der Waals surface area contributed by atoms with E-state index in [1.807, 2.05) is 0 Å². The molecule has 15 heavy (non-hydrogen) atoms. The van der Waals surface area contributed by atoms with Gasteiger partial charge in [0.25, 0.3) is 0 Å². The van der Waals surface area contributed by atoms with Crippen molar-refractivity contribution in [3.05, 3.63) is 0 Å². The molecule has 0 aliphatic rings. The first-order valence-corrected chi connectivity index (χ1v) is 4.68. The van der Waals surface area contributed by atoms with Gasteiger partial charge >= 0.3 is 6.09 Å². The summed E-state index contributed by atoms with van der Waals surface area (Å²) in [5.74, 6) is 0. The summed E-state index contributed by atoms with van der Waals surface area (Å²) >= 11 is 0. The Labute approximate surface area is 96.8 Å². The molecule has 0 aromatic heterocycles. The Morgan fingerprint density at radius 2 is 2.07 bits per heavy atom. The number of amides is 1. The standard InChI is InChI=1S/C9H20N2O3.ClH/c1-9(2,3)14-8(13)11-5-4-7(10)6-12;/h7,12H,4-6,10H2,1-3H3,(H,11,13);1H/t7-;/m0./s1. The Kier molecular flexibility index (Phi) is 8.71. The van der Waals surface area contributed by atoms with Crippen LogP contribution in [-0.2, 0) is 4.74 Å². The largest absolute Gasteiger partial charge is 0.444 e. The molecule has 0 aliphatic carbocycles. The van der Waals surface area contributed by atoms with Gasteiger partial charge in [-0.25, -0.2) is 4.79 Å². The van der Waals surface area contributed by atoms with E-state index in [4.69, 9.17) is 15.6 Å². The molecule has 0 rings (SSSR count). The number of hydrogen-bond acceptors (Lipinski definition) is 4. The Hall–Kier alpha value is -0.520. The van der Waals surface area contributed by atoms with Crippen molar-refractivity contribution >= 4 is 18.5 Å². The van der Waals surface area contributed by atoms with Crippen LogP contribution in [0.4, 0.5) is 4.79 Å². The summed E-state index contributed by atoms with van der Waals surface area (Å²) in [6, 6.07) is -0.287. The summed E-state index contributed by atoms with van der Waals surface area (Å²) in [7, 11) is 0. The van der Waals surface area contributed by atoms with Crippen LogP contribution in [0.1, 0.15) is 27.2 Å². The monoisotopic (exact) mass is 240 g/mol. The molecule has 0 aliphatic heterocycles. The lowest BCUT2D eigenvalue weighted by atomic mass is 10.2. The van der Waals surface area contributed by atoms with Gasteiger partial charge in [-0.1, -0.05) is 0 Å². The molecule has 0 saturated heterocycles. The molecule has 0 saturated carbocycles. The summed E-state index contributed by atoms with van der Waals surface area (Å²) in [6.07, 6.45) is 0.0816. The lowest BCUT2D eigenvalue weighted by Crippen LogP contribution is -2.36. The van der Waals surface area contributed by atoms with Gasteiger partial charge in [-0.15, -0.1) is 12.4 Å². The average Bonchev–Trinajstić information content (AvgIpc) is 2.00. The van der Waals surface area contributed by atoms with E-state index in [1.165, 1.54) is 0 Å². The normalized spacial score (nSPS) is 12.6. The van der Waals surface area contributed by atoms with Crippen molar-refractivity contribution in [2.45, 2.75) is 38.8 Å². The summed E-state index contributed by atoms with van der Waals surface area (Å²) in [4.78, 5) is 11.1. The first kappa shape index (κ1) is 16.9. The minimum absolute atomic E-state index is 0.